The molecule has 0 aromatic heterocycles. The molecule has 0 fully saturated rings. The van der Waals surface area contributed by atoms with Crippen LogP contribution < -0.4 is 0 Å². The Bertz CT molecular complexity index is 1240. The molecule has 0 saturated heterocycles. The summed E-state index contributed by atoms with van der Waals surface area (Å²) in [6.45, 7) is 6.77. The number of hydrogen-bond acceptors (Lipinski definition) is 2. The normalized spacial score (nSPS) is 20.8. The topological polar surface area (TPSA) is 24.7 Å². The van der Waals surface area contributed by atoms with Crippen molar-refractivity contribution in [2.75, 3.05) is 0 Å². The Kier molecular flexibility index (Phi) is 6.81. The largest absolute Gasteiger partial charge is 0.155 e. The predicted molar refractivity (Wildman–Crippen MR) is 150 cm³/mol. The van der Waals surface area contributed by atoms with Gasteiger partial charge in [0.15, 0.2) is 0 Å². The second-order valence-corrected chi connectivity index (χ2v) is 10.9. The van der Waals surface area contributed by atoms with Gasteiger partial charge in [0, 0.05) is 5.92 Å². The van der Waals surface area contributed by atoms with Crippen molar-refractivity contribution >= 4 is 17.0 Å². The Labute approximate surface area is 210 Å². The molecule has 2 aromatic rings. The van der Waals surface area contributed by atoms with Gasteiger partial charge in [-0.3, -0.25) is 0 Å². The number of nitrogens with zero attached hydrogens (tertiary/aromatic N) is 2. The minimum atomic E-state index is 0.152. The van der Waals surface area contributed by atoms with E-state index in [4.69, 9.17) is 10.2 Å². The number of rotatable bonds is 4. The van der Waals surface area contributed by atoms with E-state index in [0.717, 1.165) is 49.9 Å². The van der Waals surface area contributed by atoms with Gasteiger partial charge in [-0.05, 0) is 77.3 Å². The summed E-state index contributed by atoms with van der Waals surface area (Å²) < 4.78 is 0. The Morgan fingerprint density at radius 1 is 0.743 bits per heavy atom. The third kappa shape index (κ3) is 5.37. The lowest BCUT2D eigenvalue weighted by Gasteiger charge is -2.24. The van der Waals surface area contributed by atoms with Crippen LogP contribution in [0.25, 0.3) is 5.57 Å². The fourth-order valence-electron chi connectivity index (χ4n) is 5.26. The second-order valence-electron chi connectivity index (χ2n) is 10.9. The summed E-state index contributed by atoms with van der Waals surface area (Å²) in [5.41, 5.74) is 10.4. The van der Waals surface area contributed by atoms with E-state index in [1.165, 1.54) is 33.4 Å². The SMILES string of the molecule is CC(C)(C)c1ccc(C2=NN=C(C3=CC=C(c4ccccc4)CC3)C(C3=CCCC=C3)CC2)cc1. The minimum absolute atomic E-state index is 0.152. The standard InChI is InChI=1S/C33H36N2/c1-33(2,3)29-20-18-27(19-21-29)31-23-22-30(26-12-8-5-9-13-26)32(35-34-31)28-16-14-25(15-17-28)24-10-6-4-7-11-24/h4,6-8,10-14,16,18-21,30H,5,9,15,17,22-23H2,1-3H3. The summed E-state index contributed by atoms with van der Waals surface area (Å²) >= 11 is 0. The zero-order valence-corrected chi connectivity index (χ0v) is 21.3. The maximum atomic E-state index is 4.96. The molecule has 0 amide bonds. The Morgan fingerprint density at radius 2 is 1.49 bits per heavy atom. The van der Waals surface area contributed by atoms with Crippen LogP contribution in [0.3, 0.4) is 0 Å². The summed E-state index contributed by atoms with van der Waals surface area (Å²) in [7, 11) is 0. The van der Waals surface area contributed by atoms with Crippen molar-refractivity contribution in [3.05, 3.63) is 113 Å². The fourth-order valence-corrected chi connectivity index (χ4v) is 5.26. The molecule has 1 aliphatic heterocycles. The Balaban J connectivity index is 1.47. The predicted octanol–water partition coefficient (Wildman–Crippen LogP) is 8.62. The van der Waals surface area contributed by atoms with Gasteiger partial charge in [0.1, 0.15) is 0 Å². The fraction of sp³-hybridized carbons (Fsp3) is 0.333. The monoisotopic (exact) mass is 460 g/mol. The van der Waals surface area contributed by atoms with Crippen LogP contribution in [-0.2, 0) is 5.41 Å². The van der Waals surface area contributed by atoms with E-state index < -0.39 is 0 Å². The van der Waals surface area contributed by atoms with Crippen LogP contribution in [0.15, 0.2) is 106 Å². The van der Waals surface area contributed by atoms with E-state index >= 15 is 0 Å². The van der Waals surface area contributed by atoms with Crippen molar-refractivity contribution in [3.8, 4) is 0 Å². The third-order valence-electron chi connectivity index (χ3n) is 7.41. The number of hydrogen-bond donors (Lipinski definition) is 0. The van der Waals surface area contributed by atoms with Crippen molar-refractivity contribution in [1.29, 1.82) is 0 Å². The molecule has 178 valence electrons. The molecule has 2 aliphatic carbocycles. The third-order valence-corrected chi connectivity index (χ3v) is 7.41. The molecule has 5 rings (SSSR count). The van der Waals surface area contributed by atoms with Gasteiger partial charge in [0.05, 0.1) is 11.4 Å². The zero-order valence-electron chi connectivity index (χ0n) is 21.3. The first-order valence-corrected chi connectivity index (χ1v) is 13.1. The van der Waals surface area contributed by atoms with Gasteiger partial charge < -0.3 is 0 Å². The number of benzene rings is 2. The lowest BCUT2D eigenvalue weighted by atomic mass is 9.80. The van der Waals surface area contributed by atoms with Crippen LogP contribution in [0.1, 0.15) is 76.0 Å². The molecule has 0 N–H and O–H groups in total. The van der Waals surface area contributed by atoms with Gasteiger partial charge in [0.2, 0.25) is 0 Å². The molecule has 2 heteroatoms. The first-order valence-electron chi connectivity index (χ1n) is 13.1. The smallest absolute Gasteiger partial charge is 0.0737 e. The van der Waals surface area contributed by atoms with E-state index in [1.54, 1.807) is 0 Å². The Morgan fingerprint density at radius 3 is 2.14 bits per heavy atom. The highest BCUT2D eigenvalue weighted by molar-refractivity contribution is 6.08. The summed E-state index contributed by atoms with van der Waals surface area (Å²) in [6, 6.07) is 19.7. The van der Waals surface area contributed by atoms with E-state index in [-0.39, 0.29) is 5.41 Å². The highest BCUT2D eigenvalue weighted by Gasteiger charge is 2.27. The van der Waals surface area contributed by atoms with Crippen LogP contribution in [0.4, 0.5) is 0 Å². The zero-order chi connectivity index (χ0) is 24.3. The summed E-state index contributed by atoms with van der Waals surface area (Å²) in [4.78, 5) is 0. The van der Waals surface area contributed by atoms with Gasteiger partial charge in [-0.25, -0.2) is 0 Å². The average Bonchev–Trinajstić information content (AvgIpc) is 3.13. The van der Waals surface area contributed by atoms with Crippen LogP contribution in [-0.4, -0.2) is 11.4 Å². The highest BCUT2D eigenvalue weighted by atomic mass is 15.2. The first kappa shape index (κ1) is 23.5. The van der Waals surface area contributed by atoms with E-state index in [2.05, 4.69) is 106 Å². The second kappa shape index (κ2) is 10.2. The van der Waals surface area contributed by atoms with Crippen LogP contribution in [0.2, 0.25) is 0 Å². The number of allylic oxidation sites excluding steroid dienone is 8. The molecule has 1 unspecified atom stereocenters. The maximum Gasteiger partial charge on any atom is 0.0737 e. The van der Waals surface area contributed by atoms with Crippen LogP contribution in [0, 0.1) is 5.92 Å². The molecular formula is C33H36N2. The molecule has 0 bridgehead atoms. The lowest BCUT2D eigenvalue weighted by Crippen LogP contribution is -2.20. The quantitative estimate of drug-likeness (QED) is 0.436. The maximum absolute atomic E-state index is 4.96. The Hall–Kier alpha value is -3.26. The van der Waals surface area contributed by atoms with Gasteiger partial charge in [-0.2, -0.15) is 10.2 Å². The lowest BCUT2D eigenvalue weighted by molar-refractivity contribution is 0.590. The van der Waals surface area contributed by atoms with Crippen molar-refractivity contribution < 1.29 is 0 Å². The van der Waals surface area contributed by atoms with Gasteiger partial charge in [-0.15, -0.1) is 0 Å². The molecule has 2 aromatic carbocycles. The molecule has 35 heavy (non-hydrogen) atoms. The summed E-state index contributed by atoms with van der Waals surface area (Å²) in [5.74, 6) is 0.305. The van der Waals surface area contributed by atoms with Crippen molar-refractivity contribution in [3.63, 3.8) is 0 Å². The van der Waals surface area contributed by atoms with E-state index in [1.807, 2.05) is 0 Å². The molecule has 2 nitrogen and oxygen atoms in total. The van der Waals surface area contributed by atoms with Crippen LogP contribution >= 0.6 is 0 Å². The van der Waals surface area contributed by atoms with E-state index in [0.29, 0.717) is 5.92 Å². The molecule has 0 spiro atoms. The summed E-state index contributed by atoms with van der Waals surface area (Å²) in [5, 5.41) is 9.82. The van der Waals surface area contributed by atoms with Crippen molar-refractivity contribution in [2.24, 2.45) is 16.1 Å². The molecule has 0 radical (unpaired) electrons. The molecule has 1 atom stereocenters. The molecular weight excluding hydrogens is 424 g/mol. The van der Waals surface area contributed by atoms with E-state index in [9.17, 15) is 0 Å². The van der Waals surface area contributed by atoms with Crippen molar-refractivity contribution in [2.45, 2.75) is 64.7 Å². The first-order chi connectivity index (χ1) is 17.0. The average molecular weight is 461 g/mol. The molecule has 0 saturated carbocycles. The van der Waals surface area contributed by atoms with Crippen molar-refractivity contribution in [1.82, 2.24) is 0 Å². The minimum Gasteiger partial charge on any atom is -0.155 e. The molecule has 3 aliphatic rings. The molecule has 1 heterocycles. The van der Waals surface area contributed by atoms with Gasteiger partial charge >= 0.3 is 0 Å². The summed E-state index contributed by atoms with van der Waals surface area (Å²) in [6.07, 6.45) is 17.9. The highest BCUT2D eigenvalue weighted by Crippen LogP contribution is 2.35. The van der Waals surface area contributed by atoms with Gasteiger partial charge in [-0.1, -0.05) is 106 Å². The van der Waals surface area contributed by atoms with Crippen LogP contribution in [0.5, 0.6) is 0 Å². The van der Waals surface area contributed by atoms with Gasteiger partial charge in [0.25, 0.3) is 0 Å².